The zero-order valence-electron chi connectivity index (χ0n) is 12.5. The number of likely N-dealkylation sites (tertiary alicyclic amines) is 1. The van der Waals surface area contributed by atoms with E-state index in [1.165, 1.54) is 6.42 Å². The first-order valence-electron chi connectivity index (χ1n) is 7.02. The van der Waals surface area contributed by atoms with Crippen LogP contribution in [0.1, 0.15) is 47.0 Å². The molecule has 0 spiro atoms. The van der Waals surface area contributed by atoms with Gasteiger partial charge < -0.3 is 15.0 Å². The summed E-state index contributed by atoms with van der Waals surface area (Å²) in [6.07, 6.45) is 2.14. The van der Waals surface area contributed by atoms with Gasteiger partial charge in [0.05, 0.1) is 0 Å². The second kappa shape index (κ2) is 6.78. The third kappa shape index (κ3) is 6.45. The molecule has 5 heteroatoms. The zero-order valence-corrected chi connectivity index (χ0v) is 12.5. The molecule has 19 heavy (non-hydrogen) atoms. The highest BCUT2D eigenvalue weighted by Gasteiger charge is 2.21. The number of nitrogens with zero attached hydrogens (tertiary/aromatic N) is 1. The Hall–Kier alpha value is -1.26. The summed E-state index contributed by atoms with van der Waals surface area (Å²) >= 11 is 0. The summed E-state index contributed by atoms with van der Waals surface area (Å²) in [5.41, 5.74) is -0.504. The topological polar surface area (TPSA) is 58.6 Å². The number of hydrogen-bond acceptors (Lipinski definition) is 3. The molecule has 110 valence electrons. The average molecular weight is 270 g/mol. The Morgan fingerprint density at radius 3 is 2.63 bits per heavy atom. The van der Waals surface area contributed by atoms with Gasteiger partial charge in [0.15, 0.2) is 0 Å². The Labute approximate surface area is 115 Å². The number of piperidine rings is 1. The number of nitrogens with one attached hydrogen (secondary N) is 1. The highest BCUT2D eigenvalue weighted by molar-refractivity contribution is 5.77. The van der Waals surface area contributed by atoms with Gasteiger partial charge in [0.2, 0.25) is 5.91 Å². The van der Waals surface area contributed by atoms with E-state index in [1.807, 2.05) is 25.7 Å². The summed E-state index contributed by atoms with van der Waals surface area (Å²) in [5.74, 6) is 0.694. The molecule has 1 N–H and O–H groups in total. The molecule has 0 saturated carbocycles. The Kier molecular flexibility index (Phi) is 5.63. The minimum Gasteiger partial charge on any atom is -0.444 e. The van der Waals surface area contributed by atoms with E-state index in [9.17, 15) is 9.59 Å². The molecule has 1 saturated heterocycles. The van der Waals surface area contributed by atoms with Crippen LogP contribution >= 0.6 is 0 Å². The number of carbonyl (C=O) groups excluding carboxylic acids is 2. The maximum atomic E-state index is 11.9. The van der Waals surface area contributed by atoms with Crippen LogP contribution in [0.25, 0.3) is 0 Å². The predicted octanol–water partition coefficient (Wildman–Crippen LogP) is 2.16. The van der Waals surface area contributed by atoms with Gasteiger partial charge in [0, 0.05) is 26.1 Å². The van der Waals surface area contributed by atoms with Crippen LogP contribution in [0.2, 0.25) is 0 Å². The lowest BCUT2D eigenvalue weighted by Gasteiger charge is -2.31. The maximum absolute atomic E-state index is 11.9. The number of amides is 2. The summed E-state index contributed by atoms with van der Waals surface area (Å²) in [5, 5.41) is 2.61. The SMILES string of the molecule is CC1CCCN(C(=O)CCNC(=O)OC(C)(C)C)C1. The summed E-state index contributed by atoms with van der Waals surface area (Å²) in [6, 6.07) is 0. The first kappa shape index (κ1) is 15.8. The molecule has 1 unspecified atom stereocenters. The number of carbonyl (C=O) groups is 2. The summed E-state index contributed by atoms with van der Waals surface area (Å²) in [6.45, 7) is 9.62. The van der Waals surface area contributed by atoms with Crippen molar-refractivity contribution in [3.63, 3.8) is 0 Å². The maximum Gasteiger partial charge on any atom is 0.407 e. The lowest BCUT2D eigenvalue weighted by atomic mass is 10.00. The van der Waals surface area contributed by atoms with Crippen molar-refractivity contribution in [1.82, 2.24) is 10.2 Å². The van der Waals surface area contributed by atoms with Gasteiger partial charge in [-0.1, -0.05) is 6.92 Å². The van der Waals surface area contributed by atoms with E-state index in [-0.39, 0.29) is 5.91 Å². The Morgan fingerprint density at radius 1 is 1.37 bits per heavy atom. The molecule has 0 aromatic rings. The lowest BCUT2D eigenvalue weighted by molar-refractivity contribution is -0.132. The predicted molar refractivity (Wildman–Crippen MR) is 73.8 cm³/mol. The molecule has 1 aliphatic rings. The Morgan fingerprint density at radius 2 is 2.05 bits per heavy atom. The quantitative estimate of drug-likeness (QED) is 0.855. The summed E-state index contributed by atoms with van der Waals surface area (Å²) in [7, 11) is 0. The number of alkyl carbamates (subject to hydrolysis) is 1. The molecular weight excluding hydrogens is 244 g/mol. The van der Waals surface area contributed by atoms with Gasteiger partial charge in [0.1, 0.15) is 5.60 Å². The summed E-state index contributed by atoms with van der Waals surface area (Å²) < 4.78 is 5.11. The van der Waals surface area contributed by atoms with E-state index in [0.29, 0.717) is 18.9 Å². The largest absolute Gasteiger partial charge is 0.444 e. The smallest absolute Gasteiger partial charge is 0.407 e. The molecule has 1 atom stereocenters. The molecule has 1 heterocycles. The second-order valence-electron chi connectivity index (χ2n) is 6.27. The van der Waals surface area contributed by atoms with Gasteiger partial charge in [-0.05, 0) is 39.5 Å². The normalized spacial score (nSPS) is 20.0. The molecule has 0 aromatic carbocycles. The van der Waals surface area contributed by atoms with E-state index in [2.05, 4.69) is 12.2 Å². The minimum atomic E-state index is -0.504. The van der Waals surface area contributed by atoms with E-state index in [1.54, 1.807) is 0 Å². The van der Waals surface area contributed by atoms with Gasteiger partial charge in [-0.15, -0.1) is 0 Å². The van der Waals surface area contributed by atoms with Crippen molar-refractivity contribution in [2.24, 2.45) is 5.92 Å². The molecule has 1 aliphatic heterocycles. The van der Waals surface area contributed by atoms with Gasteiger partial charge in [0.25, 0.3) is 0 Å². The highest BCUT2D eigenvalue weighted by atomic mass is 16.6. The molecule has 2 amide bonds. The van der Waals surface area contributed by atoms with Crippen LogP contribution in [0.5, 0.6) is 0 Å². The second-order valence-corrected chi connectivity index (χ2v) is 6.27. The molecule has 0 bridgehead atoms. The van der Waals surface area contributed by atoms with Crippen molar-refractivity contribution in [3.05, 3.63) is 0 Å². The summed E-state index contributed by atoms with van der Waals surface area (Å²) in [4.78, 5) is 25.2. The fourth-order valence-corrected chi connectivity index (χ4v) is 2.16. The van der Waals surface area contributed by atoms with Crippen LogP contribution in [0.15, 0.2) is 0 Å². The van der Waals surface area contributed by atoms with E-state index in [0.717, 1.165) is 19.5 Å². The van der Waals surface area contributed by atoms with Crippen molar-refractivity contribution < 1.29 is 14.3 Å². The van der Waals surface area contributed by atoms with E-state index >= 15 is 0 Å². The molecule has 5 nitrogen and oxygen atoms in total. The first-order chi connectivity index (χ1) is 8.78. The van der Waals surface area contributed by atoms with Crippen LogP contribution in [-0.2, 0) is 9.53 Å². The number of rotatable bonds is 3. The van der Waals surface area contributed by atoms with E-state index in [4.69, 9.17) is 4.74 Å². The van der Waals surface area contributed by atoms with Crippen molar-refractivity contribution in [3.8, 4) is 0 Å². The average Bonchev–Trinajstić information content (AvgIpc) is 2.26. The monoisotopic (exact) mass is 270 g/mol. The van der Waals surface area contributed by atoms with Gasteiger partial charge >= 0.3 is 6.09 Å². The fraction of sp³-hybridized carbons (Fsp3) is 0.857. The van der Waals surface area contributed by atoms with E-state index < -0.39 is 11.7 Å². The zero-order chi connectivity index (χ0) is 14.5. The third-order valence-corrected chi connectivity index (χ3v) is 3.02. The molecular formula is C14H26N2O3. The van der Waals surface area contributed by atoms with Crippen molar-refractivity contribution in [1.29, 1.82) is 0 Å². The van der Waals surface area contributed by atoms with Crippen molar-refractivity contribution in [2.75, 3.05) is 19.6 Å². The number of hydrogen-bond donors (Lipinski definition) is 1. The molecule has 0 radical (unpaired) electrons. The number of ether oxygens (including phenoxy) is 1. The standard InChI is InChI=1S/C14H26N2O3/c1-11-6-5-9-16(10-11)12(17)7-8-15-13(18)19-14(2,3)4/h11H,5-10H2,1-4H3,(H,15,18). The highest BCUT2D eigenvalue weighted by Crippen LogP contribution is 2.15. The minimum absolute atomic E-state index is 0.114. The van der Waals surface area contributed by atoms with Crippen molar-refractivity contribution in [2.45, 2.75) is 52.6 Å². The molecule has 1 fully saturated rings. The van der Waals surface area contributed by atoms with Crippen LogP contribution < -0.4 is 5.32 Å². The van der Waals surface area contributed by atoms with Crippen LogP contribution in [0.3, 0.4) is 0 Å². The van der Waals surface area contributed by atoms with Crippen molar-refractivity contribution >= 4 is 12.0 Å². The van der Waals surface area contributed by atoms with Crippen LogP contribution in [-0.4, -0.2) is 42.1 Å². The van der Waals surface area contributed by atoms with Crippen LogP contribution in [0, 0.1) is 5.92 Å². The Bertz CT molecular complexity index is 323. The third-order valence-electron chi connectivity index (χ3n) is 3.02. The van der Waals surface area contributed by atoms with Gasteiger partial charge in [-0.2, -0.15) is 0 Å². The lowest BCUT2D eigenvalue weighted by Crippen LogP contribution is -2.41. The Balaban J connectivity index is 2.21. The molecule has 1 rings (SSSR count). The first-order valence-corrected chi connectivity index (χ1v) is 7.02. The van der Waals surface area contributed by atoms with Gasteiger partial charge in [-0.25, -0.2) is 4.79 Å². The van der Waals surface area contributed by atoms with Crippen LogP contribution in [0.4, 0.5) is 4.79 Å². The fourth-order valence-electron chi connectivity index (χ4n) is 2.16. The molecule has 0 aromatic heterocycles. The molecule has 0 aliphatic carbocycles. The van der Waals surface area contributed by atoms with Gasteiger partial charge in [-0.3, -0.25) is 4.79 Å².